The Labute approximate surface area is 227 Å². The van der Waals surface area contributed by atoms with E-state index >= 15 is 0 Å². The molecule has 3 heterocycles. The number of alkyl carbamates (subject to hydrolysis) is 1. The zero-order valence-electron chi connectivity index (χ0n) is 22.5. The van der Waals surface area contributed by atoms with E-state index in [1.54, 1.807) is 27.7 Å². The summed E-state index contributed by atoms with van der Waals surface area (Å²) in [5.74, 6) is -2.37. The molecule has 10 heteroatoms. The van der Waals surface area contributed by atoms with Crippen molar-refractivity contribution < 1.29 is 42.7 Å². The molecular weight excluding hydrogens is 506 g/mol. The Morgan fingerprint density at radius 3 is 2.21 bits per heavy atom. The van der Waals surface area contributed by atoms with Gasteiger partial charge in [0.1, 0.15) is 24.9 Å². The molecule has 0 aromatic heterocycles. The van der Waals surface area contributed by atoms with Gasteiger partial charge in [0.25, 0.3) is 0 Å². The Morgan fingerprint density at radius 2 is 1.56 bits per heavy atom. The smallest absolute Gasteiger partial charge is 0.408 e. The molecular formula is C29H35NO9. The number of benzene rings is 2. The highest BCUT2D eigenvalue weighted by molar-refractivity contribution is 5.82. The van der Waals surface area contributed by atoms with Crippen LogP contribution < -0.4 is 5.32 Å². The Bertz CT molecular complexity index is 1140. The van der Waals surface area contributed by atoms with Crippen molar-refractivity contribution in [2.75, 3.05) is 6.61 Å². The van der Waals surface area contributed by atoms with Gasteiger partial charge in [0.05, 0.1) is 6.61 Å². The second kappa shape index (κ2) is 11.2. The molecule has 210 valence electrons. The quantitative estimate of drug-likeness (QED) is 0.502. The molecule has 5 rings (SSSR count). The van der Waals surface area contributed by atoms with E-state index in [-0.39, 0.29) is 19.6 Å². The average molecular weight is 542 g/mol. The second-order valence-electron chi connectivity index (χ2n) is 10.8. The molecule has 0 radical (unpaired) electrons. The summed E-state index contributed by atoms with van der Waals surface area (Å²) in [4.78, 5) is 26.4. The van der Waals surface area contributed by atoms with E-state index in [1.165, 1.54) is 0 Å². The molecule has 0 saturated carbocycles. The average Bonchev–Trinajstić information content (AvgIpc) is 3.52. The number of hydrogen-bond donors (Lipinski definition) is 1. The standard InChI is InChI=1S/C29H35NO9/c1-28(2)34-17-21(37-28)22-23(24-26(36-22)39-29(3,4)38-24)35-25(31)20(15-18-11-7-5-8-12-18)30-27(32)33-16-19-13-9-6-10-14-19/h5-14,20-24,26H,15-17H2,1-4H3,(H,30,32)/t20-,21+,22+,23?,24?,26?/m1/s1. The number of carbonyl (C=O) groups excluding carboxylic acids is 2. The summed E-state index contributed by atoms with van der Waals surface area (Å²) in [5, 5.41) is 2.68. The molecule has 0 bridgehead atoms. The van der Waals surface area contributed by atoms with Gasteiger partial charge in [-0.3, -0.25) is 0 Å². The summed E-state index contributed by atoms with van der Waals surface area (Å²) >= 11 is 0. The monoisotopic (exact) mass is 541 g/mol. The van der Waals surface area contributed by atoms with Crippen molar-refractivity contribution >= 4 is 12.1 Å². The number of ether oxygens (including phenoxy) is 7. The molecule has 1 N–H and O–H groups in total. The Hall–Kier alpha value is -3.02. The first-order valence-electron chi connectivity index (χ1n) is 13.1. The molecule has 0 spiro atoms. The minimum Gasteiger partial charge on any atom is -0.455 e. The van der Waals surface area contributed by atoms with Gasteiger partial charge in [0.2, 0.25) is 0 Å². The van der Waals surface area contributed by atoms with Crippen molar-refractivity contribution in [1.82, 2.24) is 5.32 Å². The van der Waals surface area contributed by atoms with Gasteiger partial charge in [-0.15, -0.1) is 0 Å². The number of amides is 1. The van der Waals surface area contributed by atoms with Gasteiger partial charge in [0, 0.05) is 6.42 Å². The van der Waals surface area contributed by atoms with Crippen LogP contribution in [0.15, 0.2) is 60.7 Å². The lowest BCUT2D eigenvalue weighted by Gasteiger charge is -2.30. The zero-order chi connectivity index (χ0) is 27.6. The van der Waals surface area contributed by atoms with Crippen LogP contribution in [0, 0.1) is 0 Å². The third-order valence-corrected chi connectivity index (χ3v) is 6.75. The van der Waals surface area contributed by atoms with E-state index in [1.807, 2.05) is 60.7 Å². The Morgan fingerprint density at radius 1 is 0.897 bits per heavy atom. The maximum atomic E-state index is 13.6. The van der Waals surface area contributed by atoms with Crippen LogP contribution in [0.2, 0.25) is 0 Å². The van der Waals surface area contributed by atoms with Crippen LogP contribution in [0.25, 0.3) is 0 Å². The first-order valence-corrected chi connectivity index (χ1v) is 13.1. The Kier molecular flexibility index (Phi) is 7.93. The molecule has 2 aromatic rings. The van der Waals surface area contributed by atoms with Crippen LogP contribution in [0.4, 0.5) is 4.79 Å². The van der Waals surface area contributed by atoms with Crippen LogP contribution in [-0.4, -0.2) is 67.0 Å². The number of hydrogen-bond acceptors (Lipinski definition) is 9. The summed E-state index contributed by atoms with van der Waals surface area (Å²) in [5.41, 5.74) is 1.67. The van der Waals surface area contributed by atoms with Crippen molar-refractivity contribution in [2.45, 2.75) is 89.0 Å². The number of rotatable bonds is 8. The lowest BCUT2D eigenvalue weighted by molar-refractivity contribution is -0.235. The molecule has 6 atom stereocenters. The number of carbonyl (C=O) groups is 2. The molecule has 3 aliphatic heterocycles. The predicted molar refractivity (Wildman–Crippen MR) is 137 cm³/mol. The van der Waals surface area contributed by atoms with Crippen molar-refractivity contribution in [3.05, 3.63) is 71.8 Å². The van der Waals surface area contributed by atoms with Gasteiger partial charge < -0.3 is 38.5 Å². The first-order chi connectivity index (χ1) is 18.6. The molecule has 10 nitrogen and oxygen atoms in total. The van der Waals surface area contributed by atoms with Crippen LogP contribution >= 0.6 is 0 Å². The third kappa shape index (κ3) is 6.77. The Balaban J connectivity index is 1.31. The third-order valence-electron chi connectivity index (χ3n) is 6.75. The number of nitrogens with one attached hydrogen (secondary N) is 1. The van der Waals surface area contributed by atoms with Crippen LogP contribution in [0.1, 0.15) is 38.8 Å². The van der Waals surface area contributed by atoms with E-state index in [0.29, 0.717) is 0 Å². The first kappa shape index (κ1) is 27.5. The van der Waals surface area contributed by atoms with Crippen molar-refractivity contribution in [2.24, 2.45) is 0 Å². The highest BCUT2D eigenvalue weighted by Gasteiger charge is 2.60. The molecule has 3 saturated heterocycles. The van der Waals surface area contributed by atoms with Gasteiger partial charge in [0.15, 0.2) is 30.1 Å². The fraction of sp³-hybridized carbons (Fsp3) is 0.517. The number of esters is 1. The molecule has 3 aliphatic rings. The lowest BCUT2D eigenvalue weighted by Crippen LogP contribution is -2.50. The summed E-state index contributed by atoms with van der Waals surface area (Å²) in [7, 11) is 0. The van der Waals surface area contributed by atoms with Gasteiger partial charge >= 0.3 is 12.1 Å². The van der Waals surface area contributed by atoms with E-state index in [4.69, 9.17) is 33.2 Å². The molecule has 3 unspecified atom stereocenters. The molecule has 1 amide bonds. The van der Waals surface area contributed by atoms with E-state index in [2.05, 4.69) is 5.32 Å². The molecule has 2 aromatic carbocycles. The maximum Gasteiger partial charge on any atom is 0.408 e. The summed E-state index contributed by atoms with van der Waals surface area (Å²) in [6.45, 7) is 7.47. The SMILES string of the molecule is CC1(C)OC2O[C@@H]([C@@H]3COC(C)(C)O3)C(OC(=O)[C@@H](Cc3ccccc3)NC(=O)OCc3ccccc3)C2O1. The highest BCUT2D eigenvalue weighted by Crippen LogP contribution is 2.42. The predicted octanol–water partition coefficient (Wildman–Crippen LogP) is 3.46. The summed E-state index contributed by atoms with van der Waals surface area (Å²) in [6.07, 6.45) is -4.00. The maximum absolute atomic E-state index is 13.6. The minimum atomic E-state index is -1.03. The second-order valence-corrected chi connectivity index (χ2v) is 10.8. The van der Waals surface area contributed by atoms with E-state index in [9.17, 15) is 9.59 Å². The van der Waals surface area contributed by atoms with Gasteiger partial charge in [-0.1, -0.05) is 60.7 Å². The van der Waals surface area contributed by atoms with Crippen LogP contribution in [0.3, 0.4) is 0 Å². The number of fused-ring (bicyclic) bond motifs is 1. The fourth-order valence-corrected chi connectivity index (χ4v) is 4.98. The van der Waals surface area contributed by atoms with Gasteiger partial charge in [-0.05, 0) is 38.8 Å². The van der Waals surface area contributed by atoms with E-state index in [0.717, 1.165) is 11.1 Å². The van der Waals surface area contributed by atoms with Gasteiger partial charge in [-0.25, -0.2) is 9.59 Å². The molecule has 0 aliphatic carbocycles. The van der Waals surface area contributed by atoms with Crippen LogP contribution in [-0.2, 0) is 51.0 Å². The topological polar surface area (TPSA) is 111 Å². The minimum absolute atomic E-state index is 0.0666. The van der Waals surface area contributed by atoms with Crippen molar-refractivity contribution in [3.8, 4) is 0 Å². The van der Waals surface area contributed by atoms with Crippen LogP contribution in [0.5, 0.6) is 0 Å². The molecule has 3 fully saturated rings. The van der Waals surface area contributed by atoms with E-state index < -0.39 is 60.4 Å². The summed E-state index contributed by atoms with van der Waals surface area (Å²) in [6, 6.07) is 17.6. The summed E-state index contributed by atoms with van der Waals surface area (Å²) < 4.78 is 41.3. The largest absolute Gasteiger partial charge is 0.455 e. The normalized spacial score (nSPS) is 29.4. The van der Waals surface area contributed by atoms with Crippen molar-refractivity contribution in [1.29, 1.82) is 0 Å². The van der Waals surface area contributed by atoms with Crippen molar-refractivity contribution in [3.63, 3.8) is 0 Å². The fourth-order valence-electron chi connectivity index (χ4n) is 4.98. The lowest BCUT2D eigenvalue weighted by atomic mass is 10.0. The van der Waals surface area contributed by atoms with Gasteiger partial charge in [-0.2, -0.15) is 0 Å². The highest BCUT2D eigenvalue weighted by atomic mass is 16.8. The molecule has 39 heavy (non-hydrogen) atoms. The zero-order valence-corrected chi connectivity index (χ0v) is 22.5.